The molecule has 1 aromatic heterocycles. The van der Waals surface area contributed by atoms with Crippen LogP contribution in [0.3, 0.4) is 0 Å². The molecular formula is C17H27NO2. The highest BCUT2D eigenvalue weighted by Crippen LogP contribution is 2.19. The van der Waals surface area contributed by atoms with E-state index >= 15 is 0 Å². The molecule has 20 heavy (non-hydrogen) atoms. The molecule has 0 atom stereocenters. The van der Waals surface area contributed by atoms with Crippen molar-refractivity contribution in [2.75, 3.05) is 6.61 Å². The molecular weight excluding hydrogens is 250 g/mol. The summed E-state index contributed by atoms with van der Waals surface area (Å²) in [6.07, 6.45) is 8.72. The number of hydrogen-bond donors (Lipinski definition) is 0. The van der Waals surface area contributed by atoms with Crippen molar-refractivity contribution in [3.8, 4) is 0 Å². The summed E-state index contributed by atoms with van der Waals surface area (Å²) in [6.45, 7) is 9.26. The zero-order chi connectivity index (χ0) is 15.0. The van der Waals surface area contributed by atoms with E-state index < -0.39 is 0 Å². The summed E-state index contributed by atoms with van der Waals surface area (Å²) in [6, 6.07) is 2.01. The fourth-order valence-corrected chi connectivity index (χ4v) is 2.34. The van der Waals surface area contributed by atoms with E-state index in [1.807, 2.05) is 26.0 Å². The van der Waals surface area contributed by atoms with Crippen LogP contribution in [0.1, 0.15) is 61.8 Å². The smallest absolute Gasteiger partial charge is 0.354 e. The molecule has 1 aromatic rings. The molecule has 0 fully saturated rings. The van der Waals surface area contributed by atoms with E-state index in [1.165, 1.54) is 30.5 Å². The van der Waals surface area contributed by atoms with E-state index in [9.17, 15) is 4.79 Å². The molecule has 0 aliphatic heterocycles. The van der Waals surface area contributed by atoms with Crippen molar-refractivity contribution in [2.24, 2.45) is 0 Å². The predicted molar refractivity (Wildman–Crippen MR) is 83.2 cm³/mol. The van der Waals surface area contributed by atoms with Gasteiger partial charge in [-0.3, -0.25) is 0 Å². The van der Waals surface area contributed by atoms with Crippen molar-refractivity contribution >= 4 is 5.97 Å². The van der Waals surface area contributed by atoms with Gasteiger partial charge in [-0.1, -0.05) is 31.9 Å². The van der Waals surface area contributed by atoms with Crippen molar-refractivity contribution < 1.29 is 9.53 Å². The van der Waals surface area contributed by atoms with Gasteiger partial charge in [0, 0.05) is 12.2 Å². The third kappa shape index (κ3) is 4.26. The number of unbranched alkanes of at least 4 members (excludes halogenated alkanes) is 2. The van der Waals surface area contributed by atoms with Gasteiger partial charge in [-0.15, -0.1) is 0 Å². The number of aryl methyl sites for hydroxylation is 1. The van der Waals surface area contributed by atoms with Gasteiger partial charge in [0.2, 0.25) is 0 Å². The molecule has 3 heteroatoms. The maximum Gasteiger partial charge on any atom is 0.354 e. The minimum Gasteiger partial charge on any atom is -0.461 e. The number of ether oxygens (including phenoxy) is 1. The SMILES string of the molecule is C/C=C/Cn1c(C(=O)OCC)cc(CCCCC)c1C. The van der Waals surface area contributed by atoms with E-state index in [4.69, 9.17) is 4.74 Å². The first-order valence-electron chi connectivity index (χ1n) is 7.62. The predicted octanol–water partition coefficient (Wildman–Crippen LogP) is 4.28. The quantitative estimate of drug-likeness (QED) is 0.403. The second-order valence-electron chi connectivity index (χ2n) is 5.00. The first-order valence-corrected chi connectivity index (χ1v) is 7.62. The number of allylic oxidation sites excluding steroid dienone is 2. The molecule has 0 saturated heterocycles. The summed E-state index contributed by atoms with van der Waals surface area (Å²) >= 11 is 0. The minimum absolute atomic E-state index is 0.221. The van der Waals surface area contributed by atoms with Crippen molar-refractivity contribution in [1.82, 2.24) is 4.57 Å². The van der Waals surface area contributed by atoms with E-state index in [1.54, 1.807) is 0 Å². The van der Waals surface area contributed by atoms with Crippen LogP contribution in [0.4, 0.5) is 0 Å². The van der Waals surface area contributed by atoms with Crippen LogP contribution < -0.4 is 0 Å². The first-order chi connectivity index (χ1) is 9.65. The number of carbonyl (C=O) groups excluding carboxylic acids is 1. The first kappa shape index (κ1) is 16.5. The van der Waals surface area contributed by atoms with Crippen molar-refractivity contribution in [2.45, 2.75) is 59.9 Å². The molecule has 0 spiro atoms. The zero-order valence-electron chi connectivity index (χ0n) is 13.2. The van der Waals surface area contributed by atoms with Gasteiger partial charge in [-0.25, -0.2) is 4.79 Å². The van der Waals surface area contributed by atoms with Gasteiger partial charge in [0.15, 0.2) is 0 Å². The monoisotopic (exact) mass is 277 g/mol. The van der Waals surface area contributed by atoms with Gasteiger partial charge in [-0.05, 0) is 45.2 Å². The molecule has 3 nitrogen and oxygen atoms in total. The Bertz CT molecular complexity index is 458. The lowest BCUT2D eigenvalue weighted by molar-refractivity contribution is 0.0514. The van der Waals surface area contributed by atoms with Crippen LogP contribution in [-0.4, -0.2) is 17.1 Å². The fraction of sp³-hybridized carbons (Fsp3) is 0.588. The Balaban J connectivity index is 3.00. The standard InChI is InChI=1S/C17H27NO2/c1-5-8-10-11-15-13-16(17(19)20-7-3)18(14(15)4)12-9-6-2/h6,9,13H,5,7-8,10-12H2,1-4H3/b9-6+. The Labute approximate surface area is 122 Å². The van der Waals surface area contributed by atoms with Gasteiger partial charge in [0.25, 0.3) is 0 Å². The summed E-state index contributed by atoms with van der Waals surface area (Å²) in [5.41, 5.74) is 3.13. The molecule has 0 aliphatic carbocycles. The lowest BCUT2D eigenvalue weighted by Crippen LogP contribution is -2.12. The van der Waals surface area contributed by atoms with E-state index in [0.717, 1.165) is 13.0 Å². The van der Waals surface area contributed by atoms with Crippen LogP contribution in [0.15, 0.2) is 18.2 Å². The highest BCUT2D eigenvalue weighted by molar-refractivity contribution is 5.88. The van der Waals surface area contributed by atoms with Crippen molar-refractivity contribution in [3.63, 3.8) is 0 Å². The number of aromatic nitrogens is 1. The highest BCUT2D eigenvalue weighted by atomic mass is 16.5. The van der Waals surface area contributed by atoms with Gasteiger partial charge in [-0.2, -0.15) is 0 Å². The van der Waals surface area contributed by atoms with Crippen LogP contribution in [0.5, 0.6) is 0 Å². The summed E-state index contributed by atoms with van der Waals surface area (Å²) in [5, 5.41) is 0. The van der Waals surface area contributed by atoms with Gasteiger partial charge < -0.3 is 9.30 Å². The van der Waals surface area contributed by atoms with Crippen LogP contribution in [0.2, 0.25) is 0 Å². The second kappa shape index (κ2) is 8.62. The molecule has 0 amide bonds. The second-order valence-corrected chi connectivity index (χ2v) is 5.00. The Hall–Kier alpha value is -1.51. The molecule has 1 heterocycles. The Morgan fingerprint density at radius 3 is 2.70 bits per heavy atom. The fourth-order valence-electron chi connectivity index (χ4n) is 2.34. The summed E-state index contributed by atoms with van der Waals surface area (Å²) in [5.74, 6) is -0.221. The molecule has 0 bridgehead atoms. The van der Waals surface area contributed by atoms with Crippen LogP contribution >= 0.6 is 0 Å². The molecule has 0 aromatic carbocycles. The molecule has 0 radical (unpaired) electrons. The number of carbonyl (C=O) groups is 1. The average molecular weight is 277 g/mol. The van der Waals surface area contributed by atoms with Crippen molar-refractivity contribution in [1.29, 1.82) is 0 Å². The van der Waals surface area contributed by atoms with Crippen LogP contribution in [0.25, 0.3) is 0 Å². The summed E-state index contributed by atoms with van der Waals surface area (Å²) in [7, 11) is 0. The molecule has 0 N–H and O–H groups in total. The number of hydrogen-bond acceptors (Lipinski definition) is 2. The maximum atomic E-state index is 12.1. The number of esters is 1. The topological polar surface area (TPSA) is 31.2 Å². The molecule has 0 aliphatic rings. The number of rotatable bonds is 8. The third-order valence-electron chi connectivity index (χ3n) is 3.53. The molecule has 1 rings (SSSR count). The van der Waals surface area contributed by atoms with Gasteiger partial charge in [0.1, 0.15) is 5.69 Å². The maximum absolute atomic E-state index is 12.1. The molecule has 0 saturated carbocycles. The molecule has 112 valence electrons. The van der Waals surface area contributed by atoms with E-state index in [-0.39, 0.29) is 5.97 Å². The largest absolute Gasteiger partial charge is 0.461 e. The van der Waals surface area contributed by atoms with Crippen LogP contribution in [0, 0.1) is 6.92 Å². The molecule has 0 unspecified atom stereocenters. The lowest BCUT2D eigenvalue weighted by Gasteiger charge is -2.09. The van der Waals surface area contributed by atoms with Crippen molar-refractivity contribution in [3.05, 3.63) is 35.2 Å². The van der Waals surface area contributed by atoms with E-state index in [2.05, 4.69) is 24.5 Å². The van der Waals surface area contributed by atoms with Gasteiger partial charge in [0.05, 0.1) is 6.61 Å². The Kier molecular flexibility index (Phi) is 7.13. The summed E-state index contributed by atoms with van der Waals surface area (Å²) < 4.78 is 7.21. The highest BCUT2D eigenvalue weighted by Gasteiger charge is 2.17. The zero-order valence-corrected chi connectivity index (χ0v) is 13.2. The third-order valence-corrected chi connectivity index (χ3v) is 3.53. The van der Waals surface area contributed by atoms with Gasteiger partial charge >= 0.3 is 5.97 Å². The summed E-state index contributed by atoms with van der Waals surface area (Å²) in [4.78, 5) is 12.1. The normalized spacial score (nSPS) is 11.2. The van der Waals surface area contributed by atoms with E-state index in [0.29, 0.717) is 12.3 Å². The average Bonchev–Trinajstić information content (AvgIpc) is 2.74. The van der Waals surface area contributed by atoms with Crippen LogP contribution in [-0.2, 0) is 17.7 Å². The number of nitrogens with zero attached hydrogens (tertiary/aromatic N) is 1. The Morgan fingerprint density at radius 2 is 2.10 bits per heavy atom. The minimum atomic E-state index is -0.221. The Morgan fingerprint density at radius 1 is 1.35 bits per heavy atom. The lowest BCUT2D eigenvalue weighted by atomic mass is 10.1.